The molecular weight excluding hydrogens is 306 g/mol. The van der Waals surface area contributed by atoms with Crippen LogP contribution in [0.15, 0.2) is 30.3 Å². The van der Waals surface area contributed by atoms with Crippen molar-refractivity contribution >= 4 is 21.7 Å². The standard InChI is InChI=1S/C14H17N3O4S/c1-11(18)17-13(14(19)16-8-7-15)10-22(20,21)9-12-5-3-2-4-6-12/h2-6,13H,8-10H2,1H3,(H,16,19)(H,17,18). The highest BCUT2D eigenvalue weighted by Crippen LogP contribution is 2.07. The Bertz CT molecular complexity index is 665. The van der Waals surface area contributed by atoms with E-state index in [2.05, 4.69) is 10.6 Å². The van der Waals surface area contributed by atoms with Gasteiger partial charge in [0.2, 0.25) is 11.8 Å². The normalized spacial score (nSPS) is 12.0. The van der Waals surface area contributed by atoms with Gasteiger partial charge in [-0.15, -0.1) is 0 Å². The van der Waals surface area contributed by atoms with E-state index >= 15 is 0 Å². The lowest BCUT2D eigenvalue weighted by Gasteiger charge is -2.17. The number of hydrogen-bond acceptors (Lipinski definition) is 5. The van der Waals surface area contributed by atoms with Gasteiger partial charge in [0.25, 0.3) is 0 Å². The SMILES string of the molecule is CC(=O)NC(CS(=O)(=O)Cc1ccccc1)C(=O)NCC#N. The summed E-state index contributed by atoms with van der Waals surface area (Å²) in [6.45, 7) is 0.933. The van der Waals surface area contributed by atoms with E-state index in [-0.39, 0.29) is 12.3 Å². The Balaban J connectivity index is 2.81. The van der Waals surface area contributed by atoms with Crippen LogP contribution in [0.2, 0.25) is 0 Å². The van der Waals surface area contributed by atoms with Gasteiger partial charge in [-0.25, -0.2) is 8.42 Å². The van der Waals surface area contributed by atoms with E-state index in [0.29, 0.717) is 5.56 Å². The second-order valence-corrected chi connectivity index (χ2v) is 6.78. The van der Waals surface area contributed by atoms with Crippen LogP contribution in [0.4, 0.5) is 0 Å². The second-order valence-electron chi connectivity index (χ2n) is 4.67. The largest absolute Gasteiger partial charge is 0.344 e. The van der Waals surface area contributed by atoms with Crippen LogP contribution in [0, 0.1) is 11.3 Å². The van der Waals surface area contributed by atoms with Crippen molar-refractivity contribution in [1.29, 1.82) is 5.26 Å². The maximum atomic E-state index is 12.2. The Hall–Kier alpha value is -2.40. The third-order valence-corrected chi connectivity index (χ3v) is 4.30. The molecule has 1 unspecified atom stereocenters. The average molecular weight is 323 g/mol. The van der Waals surface area contributed by atoms with Crippen LogP contribution in [-0.4, -0.2) is 38.6 Å². The number of sulfone groups is 1. The van der Waals surface area contributed by atoms with Crippen LogP contribution >= 0.6 is 0 Å². The van der Waals surface area contributed by atoms with Gasteiger partial charge in [0.05, 0.1) is 17.6 Å². The Morgan fingerprint density at radius 3 is 2.45 bits per heavy atom. The topological polar surface area (TPSA) is 116 Å². The first-order valence-electron chi connectivity index (χ1n) is 6.50. The van der Waals surface area contributed by atoms with Crippen molar-refractivity contribution in [2.45, 2.75) is 18.7 Å². The van der Waals surface area contributed by atoms with E-state index < -0.39 is 33.4 Å². The lowest BCUT2D eigenvalue weighted by Crippen LogP contribution is -2.50. The maximum Gasteiger partial charge on any atom is 0.244 e. The monoisotopic (exact) mass is 323 g/mol. The van der Waals surface area contributed by atoms with Crippen LogP contribution in [0.5, 0.6) is 0 Å². The third kappa shape index (κ3) is 6.37. The van der Waals surface area contributed by atoms with Crippen molar-refractivity contribution < 1.29 is 18.0 Å². The first kappa shape index (κ1) is 17.7. The van der Waals surface area contributed by atoms with E-state index in [0.717, 1.165) is 0 Å². The fourth-order valence-electron chi connectivity index (χ4n) is 1.82. The number of rotatable bonds is 7. The van der Waals surface area contributed by atoms with Gasteiger partial charge in [0.15, 0.2) is 9.84 Å². The molecule has 7 nitrogen and oxygen atoms in total. The lowest BCUT2D eigenvalue weighted by molar-refractivity contribution is -0.127. The number of benzene rings is 1. The zero-order valence-electron chi connectivity index (χ0n) is 12.1. The third-order valence-electron chi connectivity index (χ3n) is 2.69. The summed E-state index contributed by atoms with van der Waals surface area (Å²) in [7, 11) is -3.61. The molecule has 0 heterocycles. The molecule has 1 rings (SSSR count). The van der Waals surface area contributed by atoms with Crippen LogP contribution in [0.1, 0.15) is 12.5 Å². The summed E-state index contributed by atoms with van der Waals surface area (Å²) in [6, 6.07) is 9.03. The summed E-state index contributed by atoms with van der Waals surface area (Å²) in [5.74, 6) is -1.98. The molecular formula is C14H17N3O4S. The molecule has 0 radical (unpaired) electrons. The molecule has 8 heteroatoms. The Labute approximate surface area is 129 Å². The van der Waals surface area contributed by atoms with Crippen LogP contribution < -0.4 is 10.6 Å². The Kier molecular flexibility index (Phi) is 6.53. The summed E-state index contributed by atoms with van der Waals surface area (Å²) < 4.78 is 24.3. The fraction of sp³-hybridized carbons (Fsp3) is 0.357. The molecule has 0 bridgehead atoms. The molecule has 1 atom stereocenters. The summed E-state index contributed by atoms with van der Waals surface area (Å²) in [6.07, 6.45) is 0. The van der Waals surface area contributed by atoms with Gasteiger partial charge in [0.1, 0.15) is 12.6 Å². The Morgan fingerprint density at radius 2 is 1.91 bits per heavy atom. The van der Waals surface area contributed by atoms with Crippen molar-refractivity contribution in [3.8, 4) is 6.07 Å². The number of amides is 2. The van der Waals surface area contributed by atoms with Crippen LogP contribution in [0.3, 0.4) is 0 Å². The molecule has 0 fully saturated rings. The first-order valence-corrected chi connectivity index (χ1v) is 8.32. The number of nitriles is 1. The smallest absolute Gasteiger partial charge is 0.244 e. The molecule has 118 valence electrons. The van der Waals surface area contributed by atoms with E-state index in [1.54, 1.807) is 36.4 Å². The van der Waals surface area contributed by atoms with Gasteiger partial charge in [-0.2, -0.15) is 5.26 Å². The van der Waals surface area contributed by atoms with Crippen molar-refractivity contribution in [3.05, 3.63) is 35.9 Å². The highest BCUT2D eigenvalue weighted by molar-refractivity contribution is 7.90. The minimum absolute atomic E-state index is 0.227. The van der Waals surface area contributed by atoms with E-state index in [1.807, 2.05) is 0 Å². The number of carbonyl (C=O) groups excluding carboxylic acids is 2. The molecule has 2 amide bonds. The van der Waals surface area contributed by atoms with Gasteiger partial charge in [-0.05, 0) is 5.56 Å². The number of nitrogens with zero attached hydrogens (tertiary/aromatic N) is 1. The predicted molar refractivity (Wildman–Crippen MR) is 80.2 cm³/mol. The van der Waals surface area contributed by atoms with Crippen LogP contribution in [0.25, 0.3) is 0 Å². The maximum absolute atomic E-state index is 12.2. The molecule has 0 saturated heterocycles. The summed E-state index contributed by atoms with van der Waals surface area (Å²) in [5, 5.41) is 13.0. The molecule has 2 N–H and O–H groups in total. The van der Waals surface area contributed by atoms with E-state index in [9.17, 15) is 18.0 Å². The molecule has 0 aliphatic carbocycles. The number of nitrogens with one attached hydrogen (secondary N) is 2. The molecule has 1 aromatic carbocycles. The molecule has 0 aliphatic heterocycles. The van der Waals surface area contributed by atoms with Crippen molar-refractivity contribution in [2.24, 2.45) is 0 Å². The van der Waals surface area contributed by atoms with Gasteiger partial charge in [-0.3, -0.25) is 9.59 Å². The van der Waals surface area contributed by atoms with Crippen molar-refractivity contribution in [3.63, 3.8) is 0 Å². The molecule has 0 aliphatic rings. The zero-order chi connectivity index (χ0) is 16.6. The predicted octanol–water partition coefficient (Wildman–Crippen LogP) is -0.254. The second kappa shape index (κ2) is 8.14. The minimum Gasteiger partial charge on any atom is -0.344 e. The summed E-state index contributed by atoms with van der Waals surface area (Å²) in [4.78, 5) is 23.0. The van der Waals surface area contributed by atoms with Crippen molar-refractivity contribution in [1.82, 2.24) is 10.6 Å². The highest BCUT2D eigenvalue weighted by atomic mass is 32.2. The quantitative estimate of drug-likeness (QED) is 0.671. The summed E-state index contributed by atoms with van der Waals surface area (Å²) >= 11 is 0. The van der Waals surface area contributed by atoms with Gasteiger partial charge >= 0.3 is 0 Å². The minimum atomic E-state index is -3.61. The van der Waals surface area contributed by atoms with Crippen molar-refractivity contribution in [2.75, 3.05) is 12.3 Å². The van der Waals surface area contributed by atoms with Gasteiger partial charge in [0, 0.05) is 6.92 Å². The first-order chi connectivity index (χ1) is 10.3. The average Bonchev–Trinajstić information content (AvgIpc) is 2.43. The van der Waals surface area contributed by atoms with E-state index in [1.165, 1.54) is 6.92 Å². The molecule has 0 spiro atoms. The number of hydrogen-bond donors (Lipinski definition) is 2. The van der Waals surface area contributed by atoms with Gasteiger partial charge < -0.3 is 10.6 Å². The molecule has 22 heavy (non-hydrogen) atoms. The summed E-state index contributed by atoms with van der Waals surface area (Å²) in [5.41, 5.74) is 0.599. The highest BCUT2D eigenvalue weighted by Gasteiger charge is 2.26. The molecule has 1 aromatic rings. The Morgan fingerprint density at radius 1 is 1.27 bits per heavy atom. The van der Waals surface area contributed by atoms with Gasteiger partial charge in [-0.1, -0.05) is 30.3 Å². The number of carbonyl (C=O) groups is 2. The molecule has 0 saturated carbocycles. The molecule has 0 aromatic heterocycles. The zero-order valence-corrected chi connectivity index (χ0v) is 12.9. The van der Waals surface area contributed by atoms with E-state index in [4.69, 9.17) is 5.26 Å². The van der Waals surface area contributed by atoms with Crippen LogP contribution in [-0.2, 0) is 25.2 Å². The fourth-order valence-corrected chi connectivity index (χ4v) is 3.38. The lowest BCUT2D eigenvalue weighted by atomic mass is 10.2.